The molecule has 0 fully saturated rings. The maximum absolute atomic E-state index is 12.6. The van der Waals surface area contributed by atoms with Gasteiger partial charge >= 0.3 is 0 Å². The van der Waals surface area contributed by atoms with Crippen molar-refractivity contribution in [1.82, 2.24) is 10.6 Å². The molecule has 1 atom stereocenters. The van der Waals surface area contributed by atoms with Gasteiger partial charge in [-0.15, -0.1) is 0 Å². The Kier molecular flexibility index (Phi) is 6.34. The second-order valence-corrected chi connectivity index (χ2v) is 6.55. The average Bonchev–Trinajstić information content (AvgIpc) is 2.61. The van der Waals surface area contributed by atoms with Gasteiger partial charge in [-0.2, -0.15) is 0 Å². The maximum Gasteiger partial charge on any atom is 0.252 e. The molecule has 25 heavy (non-hydrogen) atoms. The summed E-state index contributed by atoms with van der Waals surface area (Å²) in [6.45, 7) is 6.26. The van der Waals surface area contributed by atoms with Crippen molar-refractivity contribution < 1.29 is 9.59 Å². The zero-order valence-electron chi connectivity index (χ0n) is 15.1. The van der Waals surface area contributed by atoms with Crippen molar-refractivity contribution in [3.05, 3.63) is 71.3 Å². The predicted molar refractivity (Wildman–Crippen MR) is 100 cm³/mol. The Balaban J connectivity index is 2.23. The molecule has 132 valence electrons. The molecule has 0 bridgehead atoms. The van der Waals surface area contributed by atoms with Crippen molar-refractivity contribution in [1.29, 1.82) is 0 Å². The molecular weight excluding hydrogens is 312 g/mol. The third-order valence-electron chi connectivity index (χ3n) is 4.23. The smallest absolute Gasteiger partial charge is 0.252 e. The first-order valence-corrected chi connectivity index (χ1v) is 8.66. The molecule has 0 aliphatic carbocycles. The minimum absolute atomic E-state index is 0.00482. The second-order valence-electron chi connectivity index (χ2n) is 6.55. The molecule has 0 heterocycles. The highest BCUT2D eigenvalue weighted by atomic mass is 16.2. The second kappa shape index (κ2) is 8.47. The summed E-state index contributed by atoms with van der Waals surface area (Å²) >= 11 is 0. The third-order valence-corrected chi connectivity index (χ3v) is 4.23. The summed E-state index contributed by atoms with van der Waals surface area (Å²) in [5.41, 5.74) is 2.01. The van der Waals surface area contributed by atoms with Crippen LogP contribution in [0.15, 0.2) is 54.6 Å². The summed E-state index contributed by atoms with van der Waals surface area (Å²) in [5.74, 6) is -0.164. The van der Waals surface area contributed by atoms with Crippen molar-refractivity contribution in [2.24, 2.45) is 0 Å². The van der Waals surface area contributed by atoms with E-state index >= 15 is 0 Å². The van der Waals surface area contributed by atoms with E-state index in [-0.39, 0.29) is 11.8 Å². The van der Waals surface area contributed by atoms with Crippen molar-refractivity contribution in [2.45, 2.75) is 39.2 Å². The van der Waals surface area contributed by atoms with Crippen LogP contribution in [0.1, 0.15) is 48.2 Å². The van der Waals surface area contributed by atoms with E-state index in [4.69, 9.17) is 0 Å². The van der Waals surface area contributed by atoms with Gasteiger partial charge in [-0.3, -0.25) is 9.59 Å². The van der Waals surface area contributed by atoms with E-state index in [1.54, 1.807) is 12.1 Å². The van der Waals surface area contributed by atoms with Gasteiger partial charge in [-0.25, -0.2) is 0 Å². The average molecular weight is 338 g/mol. The van der Waals surface area contributed by atoms with E-state index in [2.05, 4.69) is 10.6 Å². The monoisotopic (exact) mass is 338 g/mol. The highest BCUT2D eigenvalue weighted by Crippen LogP contribution is 2.21. The van der Waals surface area contributed by atoms with Crippen LogP contribution in [0, 0.1) is 6.92 Å². The van der Waals surface area contributed by atoms with Gasteiger partial charge in [-0.1, -0.05) is 55.0 Å². The van der Waals surface area contributed by atoms with Crippen LogP contribution < -0.4 is 10.6 Å². The first kappa shape index (κ1) is 18.7. The molecule has 0 aliphatic heterocycles. The molecule has 0 radical (unpaired) electrons. The van der Waals surface area contributed by atoms with Gasteiger partial charge in [0.1, 0.15) is 0 Å². The van der Waals surface area contributed by atoms with E-state index in [1.165, 1.54) is 0 Å². The van der Waals surface area contributed by atoms with Crippen molar-refractivity contribution in [3.8, 4) is 0 Å². The summed E-state index contributed by atoms with van der Waals surface area (Å²) in [6, 6.07) is 17.1. The summed E-state index contributed by atoms with van der Waals surface area (Å²) in [4.78, 5) is 24.6. The number of carbonyl (C=O) groups is 2. The van der Waals surface area contributed by atoms with Crippen LogP contribution in [0.3, 0.4) is 0 Å². The molecule has 0 aliphatic rings. The topological polar surface area (TPSA) is 58.2 Å². The van der Waals surface area contributed by atoms with Crippen molar-refractivity contribution in [3.63, 3.8) is 0 Å². The van der Waals surface area contributed by atoms with Crippen LogP contribution in [0.4, 0.5) is 0 Å². The molecule has 2 aromatic rings. The number of aryl methyl sites for hydroxylation is 1. The van der Waals surface area contributed by atoms with Crippen molar-refractivity contribution in [2.75, 3.05) is 6.54 Å². The Morgan fingerprint density at radius 1 is 1.00 bits per heavy atom. The molecule has 0 spiro atoms. The first-order valence-electron chi connectivity index (χ1n) is 8.66. The van der Waals surface area contributed by atoms with Crippen LogP contribution in [0.5, 0.6) is 0 Å². The van der Waals surface area contributed by atoms with E-state index in [9.17, 15) is 9.59 Å². The molecule has 4 nitrogen and oxygen atoms in total. The van der Waals surface area contributed by atoms with E-state index in [1.807, 2.05) is 63.2 Å². The highest BCUT2D eigenvalue weighted by molar-refractivity contribution is 5.94. The predicted octanol–water partition coefficient (Wildman–Crippen LogP) is 3.56. The molecule has 2 rings (SSSR count). The fraction of sp³-hybridized carbons (Fsp3) is 0.333. The number of hydrogen-bond acceptors (Lipinski definition) is 2. The Bertz CT molecular complexity index is 710. The summed E-state index contributed by atoms with van der Waals surface area (Å²) in [7, 11) is 0. The zero-order chi connectivity index (χ0) is 18.3. The van der Waals surface area contributed by atoms with Gasteiger partial charge in [0.25, 0.3) is 5.91 Å². The number of benzene rings is 2. The first-order chi connectivity index (χ1) is 11.9. The quantitative estimate of drug-likeness (QED) is 0.811. The van der Waals surface area contributed by atoms with Gasteiger partial charge in [0.15, 0.2) is 0 Å². The van der Waals surface area contributed by atoms with Crippen molar-refractivity contribution >= 4 is 11.8 Å². The molecular formula is C21H26N2O2. The molecule has 2 amide bonds. The summed E-state index contributed by atoms with van der Waals surface area (Å²) < 4.78 is 0. The third kappa shape index (κ3) is 5.18. The van der Waals surface area contributed by atoms with Crippen LogP contribution in [-0.2, 0) is 10.3 Å². The molecule has 2 aromatic carbocycles. The Hall–Kier alpha value is -2.62. The lowest BCUT2D eigenvalue weighted by Crippen LogP contribution is -2.51. The number of rotatable bonds is 7. The summed E-state index contributed by atoms with van der Waals surface area (Å²) in [6.07, 6.45) is 1.28. The molecule has 0 saturated carbocycles. The molecule has 0 aromatic heterocycles. The lowest BCUT2D eigenvalue weighted by molar-refractivity contribution is -0.121. The maximum atomic E-state index is 12.6. The van der Waals surface area contributed by atoms with Gasteiger partial charge in [0.05, 0.1) is 5.54 Å². The lowest BCUT2D eigenvalue weighted by Gasteiger charge is -2.32. The van der Waals surface area contributed by atoms with Crippen LogP contribution >= 0.6 is 0 Å². The highest BCUT2D eigenvalue weighted by Gasteiger charge is 2.29. The fourth-order valence-corrected chi connectivity index (χ4v) is 2.64. The SMILES string of the molecule is CCCC(=O)NC[C@@](C)(NC(=O)c1ccccc1)c1ccc(C)cc1. The van der Waals surface area contributed by atoms with Crippen LogP contribution in [-0.4, -0.2) is 18.4 Å². The van der Waals surface area contributed by atoms with Gasteiger partial charge in [0.2, 0.25) is 5.91 Å². The van der Waals surface area contributed by atoms with Gasteiger partial charge in [0, 0.05) is 18.5 Å². The standard InChI is InChI=1S/C21H26N2O2/c1-4-8-19(24)22-15-21(3,18-13-11-16(2)12-14-18)23-20(25)17-9-6-5-7-10-17/h5-7,9-14H,4,8,15H2,1-3H3,(H,22,24)(H,23,25)/t21-/m1/s1. The largest absolute Gasteiger partial charge is 0.353 e. The molecule has 0 saturated heterocycles. The van der Waals surface area contributed by atoms with Crippen LogP contribution in [0.2, 0.25) is 0 Å². The number of amides is 2. The number of nitrogens with one attached hydrogen (secondary N) is 2. The van der Waals surface area contributed by atoms with Gasteiger partial charge < -0.3 is 10.6 Å². The minimum Gasteiger partial charge on any atom is -0.353 e. The number of carbonyl (C=O) groups excluding carboxylic acids is 2. The fourth-order valence-electron chi connectivity index (χ4n) is 2.64. The zero-order valence-corrected chi connectivity index (χ0v) is 15.1. The minimum atomic E-state index is -0.690. The molecule has 2 N–H and O–H groups in total. The van der Waals surface area contributed by atoms with E-state index in [0.29, 0.717) is 18.5 Å². The van der Waals surface area contributed by atoms with Crippen LogP contribution in [0.25, 0.3) is 0 Å². The molecule has 0 unspecified atom stereocenters. The lowest BCUT2D eigenvalue weighted by atomic mass is 9.90. The Labute approximate surface area is 149 Å². The van der Waals surface area contributed by atoms with E-state index < -0.39 is 5.54 Å². The normalized spacial score (nSPS) is 12.9. The van der Waals surface area contributed by atoms with Gasteiger partial charge in [-0.05, 0) is 38.0 Å². The Morgan fingerprint density at radius 2 is 1.64 bits per heavy atom. The Morgan fingerprint density at radius 3 is 2.24 bits per heavy atom. The number of hydrogen-bond donors (Lipinski definition) is 2. The van der Waals surface area contributed by atoms with E-state index in [0.717, 1.165) is 17.5 Å². The molecule has 4 heteroatoms. The summed E-state index contributed by atoms with van der Waals surface area (Å²) in [5, 5.41) is 6.03.